The number of hydrogen-bond donors (Lipinski definition) is 2. The van der Waals surface area contributed by atoms with Gasteiger partial charge in [-0.15, -0.1) is 0 Å². The van der Waals surface area contributed by atoms with Crippen LogP contribution in [0, 0.1) is 0 Å². The molecule has 2 unspecified atom stereocenters. The molecule has 9 nitrogen and oxygen atoms in total. The van der Waals surface area contributed by atoms with Crippen molar-refractivity contribution in [1.29, 1.82) is 0 Å². The van der Waals surface area contributed by atoms with E-state index in [0.717, 1.165) is 83.5 Å². The highest BCUT2D eigenvalue weighted by atomic mass is 31.2. The van der Waals surface area contributed by atoms with Gasteiger partial charge in [-0.25, -0.2) is 4.57 Å². The number of carbonyl (C=O) groups excluding carboxylic acids is 2. The Morgan fingerprint density at radius 2 is 0.714 bits per heavy atom. The second kappa shape index (κ2) is 63.2. The van der Waals surface area contributed by atoms with Gasteiger partial charge in [0.25, 0.3) is 0 Å². The molecule has 0 spiro atoms. The van der Waals surface area contributed by atoms with E-state index in [1.807, 2.05) is 0 Å². The van der Waals surface area contributed by atoms with Crippen molar-refractivity contribution < 1.29 is 37.6 Å². The summed E-state index contributed by atoms with van der Waals surface area (Å²) in [5.74, 6) is -0.831. The number of nitrogens with two attached hydrogens (primary N) is 1. The Labute approximate surface area is 477 Å². The molecule has 10 heteroatoms. The SMILES string of the molecule is CC/C=C\C/C=C\C/C=C\C/C=C\CCCCCCCCC(=O)OC(COC(=O)CCCCCCCCCCCCCCCCCCCCCCCCCCCCCCCCCCCCCCC)COP(=O)(O)OCCN. The van der Waals surface area contributed by atoms with Gasteiger partial charge in [-0.05, 0) is 51.4 Å². The van der Waals surface area contributed by atoms with E-state index in [4.69, 9.17) is 24.3 Å². The Kier molecular flexibility index (Phi) is 61.5. The molecule has 0 bridgehead atoms. The van der Waals surface area contributed by atoms with Crippen LogP contribution < -0.4 is 5.73 Å². The van der Waals surface area contributed by atoms with Crippen LogP contribution in [0.1, 0.15) is 335 Å². The lowest BCUT2D eigenvalue weighted by Crippen LogP contribution is -2.29. The van der Waals surface area contributed by atoms with Crippen molar-refractivity contribution in [3.05, 3.63) is 48.6 Å². The van der Waals surface area contributed by atoms with Gasteiger partial charge in [0.1, 0.15) is 6.61 Å². The van der Waals surface area contributed by atoms with Crippen LogP contribution in [0.25, 0.3) is 0 Å². The zero-order valence-corrected chi connectivity index (χ0v) is 51.6. The fourth-order valence-corrected chi connectivity index (χ4v) is 10.6. The molecule has 0 saturated heterocycles. The number of carbonyl (C=O) groups is 2. The van der Waals surface area contributed by atoms with E-state index in [1.54, 1.807) is 0 Å². The van der Waals surface area contributed by atoms with Crippen LogP contribution in [0.5, 0.6) is 0 Å². The maximum absolute atomic E-state index is 12.7. The van der Waals surface area contributed by atoms with Gasteiger partial charge in [-0.3, -0.25) is 18.6 Å². The van der Waals surface area contributed by atoms with Gasteiger partial charge in [-0.2, -0.15) is 0 Å². The molecule has 2 atom stereocenters. The minimum absolute atomic E-state index is 0.0506. The smallest absolute Gasteiger partial charge is 0.462 e. The topological polar surface area (TPSA) is 134 Å². The molecule has 0 saturated carbocycles. The van der Waals surface area contributed by atoms with E-state index in [0.29, 0.717) is 6.42 Å². The molecule has 0 amide bonds. The van der Waals surface area contributed by atoms with Gasteiger partial charge in [0.05, 0.1) is 13.2 Å². The molecule has 0 rings (SSSR count). The first-order valence-electron chi connectivity index (χ1n) is 33.1. The summed E-state index contributed by atoms with van der Waals surface area (Å²) in [6, 6.07) is 0. The number of hydrogen-bond acceptors (Lipinski definition) is 8. The summed E-state index contributed by atoms with van der Waals surface area (Å²) < 4.78 is 33.1. The van der Waals surface area contributed by atoms with Crippen molar-refractivity contribution in [2.24, 2.45) is 5.73 Å². The molecular formula is C67H126NO8P. The molecule has 0 aromatic carbocycles. The van der Waals surface area contributed by atoms with E-state index < -0.39 is 26.5 Å². The second-order valence-corrected chi connectivity index (χ2v) is 23.8. The number of allylic oxidation sites excluding steroid dienone is 8. The molecule has 0 aromatic heterocycles. The molecular weight excluding hydrogens is 978 g/mol. The maximum Gasteiger partial charge on any atom is 0.472 e. The molecule has 0 aliphatic carbocycles. The minimum atomic E-state index is -4.39. The van der Waals surface area contributed by atoms with Crippen molar-refractivity contribution in [2.75, 3.05) is 26.4 Å². The van der Waals surface area contributed by atoms with Crippen molar-refractivity contribution in [3.63, 3.8) is 0 Å². The largest absolute Gasteiger partial charge is 0.472 e. The van der Waals surface area contributed by atoms with E-state index in [1.165, 1.54) is 218 Å². The number of esters is 2. The Morgan fingerprint density at radius 3 is 1.06 bits per heavy atom. The third kappa shape index (κ3) is 63.0. The molecule has 0 aliphatic heterocycles. The molecule has 3 N–H and O–H groups in total. The summed E-state index contributed by atoms with van der Waals surface area (Å²) in [5, 5.41) is 0. The van der Waals surface area contributed by atoms with Gasteiger partial charge >= 0.3 is 19.8 Å². The summed E-state index contributed by atoms with van der Waals surface area (Å²) in [6.07, 6.45) is 79.4. The molecule has 452 valence electrons. The highest BCUT2D eigenvalue weighted by molar-refractivity contribution is 7.47. The van der Waals surface area contributed by atoms with Gasteiger partial charge < -0.3 is 20.1 Å². The summed E-state index contributed by atoms with van der Waals surface area (Å²) >= 11 is 0. The van der Waals surface area contributed by atoms with Gasteiger partial charge in [0, 0.05) is 19.4 Å². The predicted molar refractivity (Wildman–Crippen MR) is 330 cm³/mol. The average molecular weight is 1100 g/mol. The monoisotopic (exact) mass is 1100 g/mol. The molecule has 0 aliphatic rings. The third-order valence-corrected chi connectivity index (χ3v) is 15.7. The van der Waals surface area contributed by atoms with Crippen molar-refractivity contribution in [1.82, 2.24) is 0 Å². The lowest BCUT2D eigenvalue weighted by Gasteiger charge is -2.19. The number of phosphoric acid groups is 1. The maximum atomic E-state index is 12.7. The van der Waals surface area contributed by atoms with Crippen LogP contribution in [0.3, 0.4) is 0 Å². The Hall–Kier alpha value is -2.03. The number of ether oxygens (including phenoxy) is 2. The third-order valence-electron chi connectivity index (χ3n) is 14.7. The van der Waals surface area contributed by atoms with Crippen LogP contribution in [0.4, 0.5) is 0 Å². The second-order valence-electron chi connectivity index (χ2n) is 22.3. The van der Waals surface area contributed by atoms with Gasteiger partial charge in [-0.1, -0.05) is 319 Å². The molecule has 0 radical (unpaired) electrons. The van der Waals surface area contributed by atoms with Crippen molar-refractivity contribution in [2.45, 2.75) is 341 Å². The number of rotatable bonds is 63. The van der Waals surface area contributed by atoms with E-state index in [9.17, 15) is 19.0 Å². The first-order chi connectivity index (χ1) is 37.8. The zero-order chi connectivity index (χ0) is 55.9. The summed E-state index contributed by atoms with van der Waals surface area (Å²) in [4.78, 5) is 35.2. The number of unbranched alkanes of at least 4 members (excludes halogenated alkanes) is 42. The summed E-state index contributed by atoms with van der Waals surface area (Å²) in [6.45, 7) is 3.66. The lowest BCUT2D eigenvalue weighted by molar-refractivity contribution is -0.161. The van der Waals surface area contributed by atoms with Crippen LogP contribution in [0.2, 0.25) is 0 Å². The van der Waals surface area contributed by atoms with Crippen LogP contribution >= 0.6 is 7.82 Å². The first-order valence-corrected chi connectivity index (χ1v) is 34.6. The van der Waals surface area contributed by atoms with E-state index in [-0.39, 0.29) is 38.6 Å². The highest BCUT2D eigenvalue weighted by Gasteiger charge is 2.26. The minimum Gasteiger partial charge on any atom is -0.462 e. The zero-order valence-electron chi connectivity index (χ0n) is 50.7. The first kappa shape index (κ1) is 75.0. The standard InChI is InChI=1S/C67H126NO8P/c1-3-5-7-9-11-13-15-17-19-21-23-24-25-26-27-28-29-30-31-32-33-34-35-36-37-38-39-40-42-43-45-47-49-51-53-55-57-59-66(69)73-63-65(64-75-77(71,72)74-62-61-68)76-67(70)60-58-56-54-52-50-48-46-44-41-22-20-18-16-14-12-10-8-6-4-2/h6,8,12,14,18,20,41,44,65H,3-5,7,9-11,13,15-17,19,21-40,42-43,45-64,68H2,1-2H3,(H,71,72)/b8-6-,14-12-,20-18-,44-41-. The van der Waals surface area contributed by atoms with Gasteiger partial charge in [0.15, 0.2) is 6.10 Å². The van der Waals surface area contributed by atoms with Gasteiger partial charge in [0.2, 0.25) is 0 Å². The quantitative estimate of drug-likeness (QED) is 0.0264. The Morgan fingerprint density at radius 1 is 0.403 bits per heavy atom. The fraction of sp³-hybridized carbons (Fsp3) is 0.851. The normalized spacial score (nSPS) is 13.2. The molecule has 77 heavy (non-hydrogen) atoms. The Bertz CT molecular complexity index is 1400. The van der Waals surface area contributed by atoms with E-state index in [2.05, 4.69) is 62.5 Å². The van der Waals surface area contributed by atoms with Crippen LogP contribution in [-0.2, 0) is 32.7 Å². The molecule has 0 fully saturated rings. The van der Waals surface area contributed by atoms with E-state index >= 15 is 0 Å². The van der Waals surface area contributed by atoms with Crippen LogP contribution in [-0.4, -0.2) is 49.3 Å². The predicted octanol–water partition coefficient (Wildman–Crippen LogP) is 21.3. The van der Waals surface area contributed by atoms with Crippen LogP contribution in [0.15, 0.2) is 48.6 Å². The average Bonchev–Trinajstić information content (AvgIpc) is 3.42. The van der Waals surface area contributed by atoms with Crippen molar-refractivity contribution in [3.8, 4) is 0 Å². The van der Waals surface area contributed by atoms with Crippen molar-refractivity contribution >= 4 is 19.8 Å². The fourth-order valence-electron chi connectivity index (χ4n) is 9.87. The lowest BCUT2D eigenvalue weighted by atomic mass is 10.0. The summed E-state index contributed by atoms with van der Waals surface area (Å²) in [5.41, 5.74) is 5.39. The Balaban J connectivity index is 3.78. The molecule has 0 aromatic rings. The number of phosphoric ester groups is 1. The summed E-state index contributed by atoms with van der Waals surface area (Å²) in [7, 11) is -4.39. The highest BCUT2D eigenvalue weighted by Crippen LogP contribution is 2.43. The molecule has 0 heterocycles.